The van der Waals surface area contributed by atoms with E-state index in [0.717, 1.165) is 29.8 Å². The molecule has 1 heterocycles. The van der Waals surface area contributed by atoms with Crippen LogP contribution >= 0.6 is 0 Å². The number of nitrogens with one attached hydrogen (secondary N) is 1. The van der Waals surface area contributed by atoms with Gasteiger partial charge in [0.05, 0.1) is 17.7 Å². The van der Waals surface area contributed by atoms with Gasteiger partial charge in [0.15, 0.2) is 0 Å². The van der Waals surface area contributed by atoms with E-state index in [4.69, 9.17) is 0 Å². The highest BCUT2D eigenvalue weighted by molar-refractivity contribution is 5.91. The van der Waals surface area contributed by atoms with Crippen LogP contribution in [0.1, 0.15) is 42.3 Å². The molecule has 0 aliphatic heterocycles. The number of hydrogen-bond acceptors (Lipinski definition) is 2. The second-order valence-electron chi connectivity index (χ2n) is 6.94. The van der Waals surface area contributed by atoms with Crippen LogP contribution in [0.3, 0.4) is 0 Å². The van der Waals surface area contributed by atoms with Gasteiger partial charge in [-0.25, -0.2) is 0 Å². The van der Waals surface area contributed by atoms with Gasteiger partial charge in [0, 0.05) is 11.7 Å². The average molecular weight is 311 g/mol. The number of carbonyl (C=O) groups excluding carboxylic acids is 1. The van der Waals surface area contributed by atoms with Crippen LogP contribution in [0, 0.1) is 20.8 Å². The molecule has 0 radical (unpaired) electrons. The van der Waals surface area contributed by atoms with Crippen LogP contribution in [0.2, 0.25) is 0 Å². The fourth-order valence-electron chi connectivity index (χ4n) is 3.24. The molecular weight excluding hydrogens is 286 g/mol. The number of rotatable bonds is 5. The van der Waals surface area contributed by atoms with E-state index in [1.165, 1.54) is 5.56 Å². The smallest absolute Gasteiger partial charge is 0.230 e. The van der Waals surface area contributed by atoms with Crippen molar-refractivity contribution in [2.24, 2.45) is 0 Å². The predicted molar refractivity (Wildman–Crippen MR) is 91.4 cm³/mol. The Labute approximate surface area is 137 Å². The summed E-state index contributed by atoms with van der Waals surface area (Å²) in [6.07, 6.45) is 1.88. The summed E-state index contributed by atoms with van der Waals surface area (Å²) in [7, 11) is 0. The quantitative estimate of drug-likeness (QED) is 0.922. The Hall–Kier alpha value is -2.10. The first-order chi connectivity index (χ1) is 10.9. The summed E-state index contributed by atoms with van der Waals surface area (Å²) in [4.78, 5) is 12.8. The van der Waals surface area contributed by atoms with Crippen molar-refractivity contribution in [1.82, 2.24) is 15.1 Å². The van der Waals surface area contributed by atoms with Gasteiger partial charge in [0.1, 0.15) is 0 Å². The van der Waals surface area contributed by atoms with Crippen molar-refractivity contribution >= 4 is 5.91 Å². The van der Waals surface area contributed by atoms with Crippen LogP contribution in [0.5, 0.6) is 0 Å². The summed E-state index contributed by atoms with van der Waals surface area (Å²) in [6.45, 7) is 8.85. The van der Waals surface area contributed by atoms with Crippen molar-refractivity contribution in [1.29, 1.82) is 0 Å². The maximum atomic E-state index is 12.8. The molecule has 2 aromatic rings. The van der Waals surface area contributed by atoms with Crippen molar-refractivity contribution in [2.75, 3.05) is 0 Å². The molecule has 1 atom stereocenters. The average Bonchev–Trinajstić information content (AvgIpc) is 3.22. The first-order valence-electron chi connectivity index (χ1n) is 8.30. The van der Waals surface area contributed by atoms with Gasteiger partial charge in [-0.3, -0.25) is 9.48 Å². The SMILES string of the molecule is Cc1cccc(C2(C(=O)N[C@@H](C)Cn3nc(C)cc3C)CC2)c1. The molecule has 1 amide bonds. The van der Waals surface area contributed by atoms with Crippen LogP contribution in [0.15, 0.2) is 30.3 Å². The van der Waals surface area contributed by atoms with E-state index in [2.05, 4.69) is 41.6 Å². The predicted octanol–water partition coefficient (Wildman–Crippen LogP) is 3.04. The lowest BCUT2D eigenvalue weighted by Gasteiger charge is -2.21. The molecule has 4 heteroatoms. The van der Waals surface area contributed by atoms with E-state index in [9.17, 15) is 4.79 Å². The van der Waals surface area contributed by atoms with Crippen molar-refractivity contribution in [3.63, 3.8) is 0 Å². The molecule has 23 heavy (non-hydrogen) atoms. The van der Waals surface area contributed by atoms with Crippen LogP contribution in [0.25, 0.3) is 0 Å². The molecule has 1 aromatic carbocycles. The van der Waals surface area contributed by atoms with Gasteiger partial charge in [-0.2, -0.15) is 5.10 Å². The Morgan fingerprint density at radius 1 is 1.30 bits per heavy atom. The van der Waals surface area contributed by atoms with Crippen molar-refractivity contribution < 1.29 is 4.79 Å². The van der Waals surface area contributed by atoms with Gasteiger partial charge >= 0.3 is 0 Å². The molecule has 0 unspecified atom stereocenters. The van der Waals surface area contributed by atoms with E-state index in [1.54, 1.807) is 0 Å². The van der Waals surface area contributed by atoms with Gasteiger partial charge in [-0.05, 0) is 52.2 Å². The maximum absolute atomic E-state index is 12.8. The Morgan fingerprint density at radius 2 is 2.04 bits per heavy atom. The first kappa shape index (κ1) is 15.8. The fourth-order valence-corrected chi connectivity index (χ4v) is 3.24. The van der Waals surface area contributed by atoms with Crippen molar-refractivity contribution in [2.45, 2.75) is 58.5 Å². The summed E-state index contributed by atoms with van der Waals surface area (Å²) < 4.78 is 1.96. The molecule has 1 aromatic heterocycles. The number of nitrogens with zero attached hydrogens (tertiary/aromatic N) is 2. The highest BCUT2D eigenvalue weighted by atomic mass is 16.2. The molecule has 1 aliphatic carbocycles. The normalized spacial score (nSPS) is 16.9. The highest BCUT2D eigenvalue weighted by Gasteiger charge is 2.51. The lowest BCUT2D eigenvalue weighted by molar-refractivity contribution is -0.124. The molecule has 1 aliphatic rings. The Bertz CT molecular complexity index is 728. The monoisotopic (exact) mass is 311 g/mol. The second kappa shape index (κ2) is 5.84. The summed E-state index contributed by atoms with van der Waals surface area (Å²) in [5, 5.41) is 7.66. The third-order valence-corrected chi connectivity index (χ3v) is 4.68. The summed E-state index contributed by atoms with van der Waals surface area (Å²) in [6, 6.07) is 10.4. The number of carbonyl (C=O) groups is 1. The summed E-state index contributed by atoms with van der Waals surface area (Å²) in [5.41, 5.74) is 4.18. The molecule has 1 N–H and O–H groups in total. The summed E-state index contributed by atoms with van der Waals surface area (Å²) in [5.74, 6) is 0.150. The maximum Gasteiger partial charge on any atom is 0.230 e. The first-order valence-corrected chi connectivity index (χ1v) is 8.30. The van der Waals surface area contributed by atoms with Gasteiger partial charge in [-0.1, -0.05) is 29.8 Å². The molecule has 1 saturated carbocycles. The van der Waals surface area contributed by atoms with E-state index in [-0.39, 0.29) is 17.4 Å². The molecular formula is C19H25N3O. The molecule has 0 saturated heterocycles. The fraction of sp³-hybridized carbons (Fsp3) is 0.474. The number of hydrogen-bond donors (Lipinski definition) is 1. The van der Waals surface area contributed by atoms with E-state index in [1.807, 2.05) is 31.5 Å². The molecule has 122 valence electrons. The van der Waals surface area contributed by atoms with Crippen molar-refractivity contribution in [3.8, 4) is 0 Å². The third kappa shape index (κ3) is 3.16. The van der Waals surface area contributed by atoms with Crippen LogP contribution in [-0.4, -0.2) is 21.7 Å². The van der Waals surface area contributed by atoms with Crippen LogP contribution < -0.4 is 5.32 Å². The molecule has 0 spiro atoms. The number of aromatic nitrogens is 2. The minimum absolute atomic E-state index is 0.0581. The Kier molecular flexibility index (Phi) is 4.00. The number of benzene rings is 1. The van der Waals surface area contributed by atoms with E-state index >= 15 is 0 Å². The summed E-state index contributed by atoms with van der Waals surface area (Å²) >= 11 is 0. The van der Waals surface area contributed by atoms with Crippen LogP contribution in [-0.2, 0) is 16.8 Å². The zero-order chi connectivity index (χ0) is 16.6. The zero-order valence-corrected chi connectivity index (χ0v) is 14.4. The van der Waals surface area contributed by atoms with E-state index in [0.29, 0.717) is 6.54 Å². The lowest BCUT2D eigenvalue weighted by atomic mass is 9.93. The lowest BCUT2D eigenvalue weighted by Crippen LogP contribution is -2.42. The largest absolute Gasteiger partial charge is 0.351 e. The molecule has 0 bridgehead atoms. The van der Waals surface area contributed by atoms with Gasteiger partial charge in [0.2, 0.25) is 5.91 Å². The standard InChI is InChI=1S/C19H25N3O/c1-13-6-5-7-17(10-13)19(8-9-19)18(23)20-15(3)12-22-16(4)11-14(2)21-22/h5-7,10-11,15H,8-9,12H2,1-4H3,(H,20,23)/t15-/m0/s1. The van der Waals surface area contributed by atoms with Crippen LogP contribution in [0.4, 0.5) is 0 Å². The van der Waals surface area contributed by atoms with Gasteiger partial charge in [0.25, 0.3) is 0 Å². The molecule has 4 nitrogen and oxygen atoms in total. The topological polar surface area (TPSA) is 46.9 Å². The Balaban J connectivity index is 1.68. The van der Waals surface area contributed by atoms with E-state index < -0.39 is 0 Å². The third-order valence-electron chi connectivity index (χ3n) is 4.68. The van der Waals surface area contributed by atoms with Gasteiger partial charge in [-0.15, -0.1) is 0 Å². The number of aryl methyl sites for hydroxylation is 3. The molecule has 3 rings (SSSR count). The minimum Gasteiger partial charge on any atom is -0.351 e. The molecule has 1 fully saturated rings. The minimum atomic E-state index is -0.310. The Morgan fingerprint density at radius 3 is 2.61 bits per heavy atom. The highest BCUT2D eigenvalue weighted by Crippen LogP contribution is 2.48. The number of amides is 1. The van der Waals surface area contributed by atoms with Gasteiger partial charge < -0.3 is 5.32 Å². The second-order valence-corrected chi connectivity index (χ2v) is 6.94. The zero-order valence-electron chi connectivity index (χ0n) is 14.4. The van der Waals surface area contributed by atoms with Crippen molar-refractivity contribution in [3.05, 3.63) is 52.8 Å².